The van der Waals surface area contributed by atoms with Crippen LogP contribution in [0.25, 0.3) is 0 Å². The number of amides is 1. The topological polar surface area (TPSA) is 73.1 Å². The number of rotatable bonds is 1. The van der Waals surface area contributed by atoms with Gasteiger partial charge in [-0.15, -0.1) is 0 Å². The smallest absolute Gasteiger partial charge is 0.408 e. The number of halogens is 1. The van der Waals surface area contributed by atoms with E-state index in [9.17, 15) is 9.90 Å². The van der Waals surface area contributed by atoms with E-state index in [1.54, 1.807) is 0 Å². The van der Waals surface area contributed by atoms with Gasteiger partial charge >= 0.3 is 6.09 Å². The van der Waals surface area contributed by atoms with E-state index in [-0.39, 0.29) is 5.17 Å². The fourth-order valence-electron chi connectivity index (χ4n) is 2.46. The molecule has 5 nitrogen and oxygen atoms in total. The first-order chi connectivity index (χ1) is 7.27. The zero-order chi connectivity index (χ0) is 12.6. The third kappa shape index (κ3) is 1.73. The minimum atomic E-state index is -1.03. The summed E-state index contributed by atoms with van der Waals surface area (Å²) in [6.45, 7) is 6.09. The molecule has 0 aliphatic carbocycles. The molecule has 1 fully saturated rings. The molecule has 0 unspecified atom stereocenters. The van der Waals surface area contributed by atoms with E-state index in [2.05, 4.69) is 5.16 Å². The molecule has 6 heteroatoms. The second-order valence-corrected chi connectivity index (χ2v) is 5.40. The second-order valence-electron chi connectivity index (χ2n) is 5.04. The van der Waals surface area contributed by atoms with Crippen molar-refractivity contribution in [3.63, 3.8) is 0 Å². The number of hydrogen-bond acceptors (Lipinski definition) is 3. The Labute approximate surface area is 99.7 Å². The predicted octanol–water partition coefficient (Wildman–Crippen LogP) is 2.57. The third-order valence-electron chi connectivity index (χ3n) is 3.28. The highest BCUT2D eigenvalue weighted by Gasteiger charge is 2.55. The lowest BCUT2D eigenvalue weighted by Crippen LogP contribution is -2.59. The molecule has 1 rings (SSSR count). The van der Waals surface area contributed by atoms with Crippen LogP contribution in [0.3, 0.4) is 0 Å². The van der Waals surface area contributed by atoms with Gasteiger partial charge in [-0.2, -0.15) is 0 Å². The summed E-state index contributed by atoms with van der Waals surface area (Å²) in [5, 5.41) is 21.0. The Morgan fingerprint density at radius 1 is 1.50 bits per heavy atom. The van der Waals surface area contributed by atoms with Crippen molar-refractivity contribution in [2.75, 3.05) is 6.54 Å². The maximum Gasteiger partial charge on any atom is 0.408 e. The number of carbonyl (C=O) groups is 1. The third-order valence-corrected chi connectivity index (χ3v) is 3.67. The summed E-state index contributed by atoms with van der Waals surface area (Å²) in [5.74, 6) is 0. The van der Waals surface area contributed by atoms with Crippen LogP contribution in [-0.2, 0) is 0 Å². The van der Waals surface area contributed by atoms with Crippen molar-refractivity contribution in [3.05, 3.63) is 0 Å². The summed E-state index contributed by atoms with van der Waals surface area (Å²) < 4.78 is 0. The minimum absolute atomic E-state index is 0.0556. The van der Waals surface area contributed by atoms with Crippen LogP contribution in [0.4, 0.5) is 4.79 Å². The van der Waals surface area contributed by atoms with Gasteiger partial charge in [0.15, 0.2) is 5.17 Å². The van der Waals surface area contributed by atoms with Crippen molar-refractivity contribution in [1.29, 1.82) is 0 Å². The number of oxime groups is 1. The first kappa shape index (κ1) is 13.1. The molecule has 0 aromatic rings. The molecule has 1 aliphatic rings. The monoisotopic (exact) mass is 248 g/mol. The van der Waals surface area contributed by atoms with Gasteiger partial charge in [0.1, 0.15) is 5.54 Å². The normalized spacial score (nSPS) is 27.2. The largest absolute Gasteiger partial charge is 0.465 e. The highest BCUT2D eigenvalue weighted by molar-refractivity contribution is 6.67. The van der Waals surface area contributed by atoms with Crippen LogP contribution >= 0.6 is 11.6 Å². The first-order valence-corrected chi connectivity index (χ1v) is 5.54. The Morgan fingerprint density at radius 2 is 2.06 bits per heavy atom. The average molecular weight is 249 g/mol. The molecule has 1 atom stereocenters. The summed E-state index contributed by atoms with van der Waals surface area (Å²) in [5.41, 5.74) is -1.35. The van der Waals surface area contributed by atoms with Crippen molar-refractivity contribution in [2.45, 2.75) is 39.2 Å². The highest BCUT2D eigenvalue weighted by Crippen LogP contribution is 2.45. The molecule has 2 N–H and O–H groups in total. The van der Waals surface area contributed by atoms with Crippen LogP contribution in [0.2, 0.25) is 0 Å². The Morgan fingerprint density at radius 3 is 2.44 bits per heavy atom. The molecule has 16 heavy (non-hydrogen) atoms. The van der Waals surface area contributed by atoms with Crippen molar-refractivity contribution >= 4 is 22.9 Å². The highest BCUT2D eigenvalue weighted by atomic mass is 35.5. The second kappa shape index (κ2) is 4.13. The molecule has 0 aromatic carbocycles. The van der Waals surface area contributed by atoms with Gasteiger partial charge in [-0.1, -0.05) is 37.5 Å². The maximum absolute atomic E-state index is 11.2. The molecule has 1 amide bonds. The molecule has 0 spiro atoms. The predicted molar refractivity (Wildman–Crippen MR) is 61.2 cm³/mol. The number of hydrogen-bond donors (Lipinski definition) is 2. The van der Waals surface area contributed by atoms with Crippen LogP contribution in [0.1, 0.15) is 33.6 Å². The fraction of sp³-hybridized carbons (Fsp3) is 0.800. The SMILES string of the molecule is CC(C)(C)[C@@]1(C(Cl)=NO)CCCN1C(=O)O. The van der Waals surface area contributed by atoms with Gasteiger partial charge in [-0.05, 0) is 18.3 Å². The first-order valence-electron chi connectivity index (χ1n) is 5.16. The molecular weight excluding hydrogens is 232 g/mol. The summed E-state index contributed by atoms with van der Waals surface area (Å²) in [7, 11) is 0. The Bertz CT molecular complexity index is 325. The van der Waals surface area contributed by atoms with Crippen molar-refractivity contribution in [1.82, 2.24) is 4.90 Å². The standard InChI is InChI=1S/C10H17ClN2O3/c1-9(2,3)10(7(11)12-16)5-4-6-13(10)8(14)15/h16H,4-6H2,1-3H3,(H,14,15)/t10-/m0/s1. The minimum Gasteiger partial charge on any atom is -0.465 e. The molecule has 0 aromatic heterocycles. The van der Waals surface area contributed by atoms with E-state index in [0.717, 1.165) is 6.42 Å². The van der Waals surface area contributed by atoms with E-state index < -0.39 is 17.0 Å². The van der Waals surface area contributed by atoms with Crippen molar-refractivity contribution in [2.24, 2.45) is 10.6 Å². The van der Waals surface area contributed by atoms with E-state index in [4.69, 9.17) is 16.8 Å². The van der Waals surface area contributed by atoms with Gasteiger partial charge in [0, 0.05) is 6.54 Å². The Hall–Kier alpha value is -0.970. The number of nitrogens with zero attached hydrogens (tertiary/aromatic N) is 2. The van der Waals surface area contributed by atoms with Crippen LogP contribution in [-0.4, -0.2) is 38.6 Å². The summed E-state index contributed by atoms with van der Waals surface area (Å²) >= 11 is 5.95. The van der Waals surface area contributed by atoms with Crippen molar-refractivity contribution < 1.29 is 15.1 Å². The molecule has 1 aliphatic heterocycles. The number of likely N-dealkylation sites (tertiary alicyclic amines) is 1. The molecule has 1 heterocycles. The summed E-state index contributed by atoms with van der Waals surface area (Å²) in [6.07, 6.45) is 0.260. The molecular formula is C10H17ClN2O3. The molecule has 0 bridgehead atoms. The van der Waals surface area contributed by atoms with E-state index in [0.29, 0.717) is 13.0 Å². The Balaban J connectivity index is 3.30. The van der Waals surface area contributed by atoms with E-state index in [1.807, 2.05) is 20.8 Å². The zero-order valence-electron chi connectivity index (χ0n) is 9.70. The van der Waals surface area contributed by atoms with Crippen LogP contribution < -0.4 is 0 Å². The van der Waals surface area contributed by atoms with Crippen LogP contribution in [0.5, 0.6) is 0 Å². The summed E-state index contributed by atoms with van der Waals surface area (Å²) in [4.78, 5) is 12.5. The molecule has 0 radical (unpaired) electrons. The summed E-state index contributed by atoms with van der Waals surface area (Å²) in [6, 6.07) is 0. The van der Waals surface area contributed by atoms with Gasteiger partial charge in [-0.3, -0.25) is 4.90 Å². The quantitative estimate of drug-likeness (QED) is 0.426. The van der Waals surface area contributed by atoms with Gasteiger partial charge in [0.05, 0.1) is 0 Å². The van der Waals surface area contributed by atoms with E-state index >= 15 is 0 Å². The Kier molecular flexibility index (Phi) is 3.38. The molecule has 92 valence electrons. The lowest BCUT2D eigenvalue weighted by Gasteiger charge is -2.45. The van der Waals surface area contributed by atoms with Gasteiger partial charge in [0.25, 0.3) is 0 Å². The average Bonchev–Trinajstić information content (AvgIpc) is 2.60. The number of carboxylic acid groups (broad SMARTS) is 1. The van der Waals surface area contributed by atoms with E-state index in [1.165, 1.54) is 4.90 Å². The van der Waals surface area contributed by atoms with Gasteiger partial charge < -0.3 is 10.3 Å². The van der Waals surface area contributed by atoms with Crippen LogP contribution in [0.15, 0.2) is 5.16 Å². The maximum atomic E-state index is 11.2. The van der Waals surface area contributed by atoms with Crippen molar-refractivity contribution in [3.8, 4) is 0 Å². The molecule has 1 saturated heterocycles. The zero-order valence-corrected chi connectivity index (χ0v) is 10.5. The van der Waals surface area contributed by atoms with Gasteiger partial charge in [0.2, 0.25) is 0 Å². The lowest BCUT2D eigenvalue weighted by atomic mass is 9.72. The lowest BCUT2D eigenvalue weighted by molar-refractivity contribution is 0.0758. The van der Waals surface area contributed by atoms with Gasteiger partial charge in [-0.25, -0.2) is 4.79 Å². The molecule has 0 saturated carbocycles. The van der Waals surface area contributed by atoms with Crippen LogP contribution in [0, 0.1) is 5.41 Å². The fourth-order valence-corrected chi connectivity index (χ4v) is 2.94.